The molecule has 0 radical (unpaired) electrons. The van der Waals surface area contributed by atoms with Gasteiger partial charge in [-0.1, -0.05) is 0 Å². The number of benzene rings is 1. The summed E-state index contributed by atoms with van der Waals surface area (Å²) in [6, 6.07) is 4.70. The number of likely N-dealkylation sites (tertiary alicyclic amines) is 1. The van der Waals surface area contributed by atoms with Gasteiger partial charge in [0.2, 0.25) is 5.95 Å². The SMILES string of the molecule is Cc1c(C(=O)N2CCC(c3nc4cc(F)ccc4s3)CC2)cnn1-c1nc2c(c(=O)[nH]1)CCC2. The Bertz CT molecular complexity index is 1480. The minimum Gasteiger partial charge on any atom is -0.338 e. The van der Waals surface area contributed by atoms with E-state index in [0.717, 1.165) is 53.1 Å². The average molecular weight is 479 g/mol. The van der Waals surface area contributed by atoms with Crippen LogP contribution >= 0.6 is 11.3 Å². The fraction of sp³-hybridized carbons (Fsp3) is 0.375. The molecule has 4 heterocycles. The number of rotatable bonds is 3. The second kappa shape index (κ2) is 8.12. The van der Waals surface area contributed by atoms with Gasteiger partial charge in [0.15, 0.2) is 0 Å². The van der Waals surface area contributed by atoms with Crippen molar-refractivity contribution in [1.29, 1.82) is 0 Å². The van der Waals surface area contributed by atoms with E-state index in [2.05, 4.69) is 20.1 Å². The minimum absolute atomic E-state index is 0.0722. The third kappa shape index (κ3) is 3.53. The zero-order valence-electron chi connectivity index (χ0n) is 18.7. The molecule has 1 aliphatic heterocycles. The van der Waals surface area contributed by atoms with Crippen LogP contribution in [0.15, 0.2) is 29.2 Å². The van der Waals surface area contributed by atoms with E-state index in [4.69, 9.17) is 0 Å². The fourth-order valence-corrected chi connectivity index (χ4v) is 6.07. The maximum Gasteiger partial charge on any atom is 0.257 e. The molecule has 1 N–H and O–H groups in total. The van der Waals surface area contributed by atoms with Crippen molar-refractivity contribution in [2.75, 3.05) is 13.1 Å². The van der Waals surface area contributed by atoms with Crippen molar-refractivity contribution in [1.82, 2.24) is 29.6 Å². The van der Waals surface area contributed by atoms with Crippen LogP contribution < -0.4 is 5.56 Å². The van der Waals surface area contributed by atoms with Gasteiger partial charge in [-0.25, -0.2) is 19.0 Å². The molecule has 174 valence electrons. The summed E-state index contributed by atoms with van der Waals surface area (Å²) in [7, 11) is 0. The molecule has 0 bridgehead atoms. The van der Waals surface area contributed by atoms with Gasteiger partial charge < -0.3 is 4.90 Å². The van der Waals surface area contributed by atoms with Crippen molar-refractivity contribution in [2.45, 2.75) is 44.9 Å². The van der Waals surface area contributed by atoms with Crippen molar-refractivity contribution >= 4 is 27.5 Å². The molecule has 6 rings (SSSR count). The summed E-state index contributed by atoms with van der Waals surface area (Å²) in [4.78, 5) is 39.5. The van der Waals surface area contributed by atoms with Crippen molar-refractivity contribution in [2.24, 2.45) is 0 Å². The number of hydrogen-bond acceptors (Lipinski definition) is 6. The van der Waals surface area contributed by atoms with Crippen LogP contribution in [0.2, 0.25) is 0 Å². The molecular formula is C24H23FN6O2S. The summed E-state index contributed by atoms with van der Waals surface area (Å²) < 4.78 is 16.0. The van der Waals surface area contributed by atoms with Gasteiger partial charge in [-0.15, -0.1) is 11.3 Å². The maximum atomic E-state index is 13.5. The van der Waals surface area contributed by atoms with E-state index in [0.29, 0.717) is 35.8 Å². The average Bonchev–Trinajstić information content (AvgIpc) is 3.56. The first-order valence-electron chi connectivity index (χ1n) is 11.5. The molecule has 0 unspecified atom stereocenters. The monoisotopic (exact) mass is 478 g/mol. The number of thiazole rings is 1. The number of aryl methyl sites for hydroxylation is 1. The Morgan fingerprint density at radius 1 is 1.21 bits per heavy atom. The Balaban J connectivity index is 1.18. The van der Waals surface area contributed by atoms with Crippen LogP contribution in [0.25, 0.3) is 16.2 Å². The van der Waals surface area contributed by atoms with Gasteiger partial charge in [-0.05, 0) is 51.2 Å². The van der Waals surface area contributed by atoms with Crippen LogP contribution in [0.4, 0.5) is 4.39 Å². The van der Waals surface area contributed by atoms with Crippen LogP contribution in [0.5, 0.6) is 0 Å². The summed E-state index contributed by atoms with van der Waals surface area (Å²) in [6.07, 6.45) is 5.64. The number of H-pyrrole nitrogens is 1. The largest absolute Gasteiger partial charge is 0.338 e. The molecule has 1 amide bonds. The highest BCUT2D eigenvalue weighted by molar-refractivity contribution is 7.18. The van der Waals surface area contributed by atoms with Crippen molar-refractivity contribution in [3.8, 4) is 5.95 Å². The van der Waals surface area contributed by atoms with E-state index in [1.807, 2.05) is 11.8 Å². The minimum atomic E-state index is -0.278. The third-order valence-corrected chi connectivity index (χ3v) is 8.07. The second-order valence-electron chi connectivity index (χ2n) is 8.95. The van der Waals surface area contributed by atoms with Gasteiger partial charge >= 0.3 is 0 Å². The van der Waals surface area contributed by atoms with Crippen molar-refractivity contribution in [3.05, 3.63) is 68.1 Å². The van der Waals surface area contributed by atoms with E-state index >= 15 is 0 Å². The normalized spacial score (nSPS) is 16.4. The number of aromatic amines is 1. The first-order chi connectivity index (χ1) is 16.5. The topological polar surface area (TPSA) is 96.8 Å². The molecule has 0 atom stereocenters. The summed E-state index contributed by atoms with van der Waals surface area (Å²) in [5.74, 6) is 0.263. The fourth-order valence-electron chi connectivity index (χ4n) is 4.95. The lowest BCUT2D eigenvalue weighted by Gasteiger charge is -2.31. The Morgan fingerprint density at radius 3 is 2.85 bits per heavy atom. The quantitative estimate of drug-likeness (QED) is 0.486. The van der Waals surface area contributed by atoms with Gasteiger partial charge in [0, 0.05) is 30.6 Å². The predicted molar refractivity (Wildman–Crippen MR) is 126 cm³/mol. The van der Waals surface area contributed by atoms with Crippen LogP contribution in [0.1, 0.15) is 57.5 Å². The van der Waals surface area contributed by atoms with Gasteiger partial charge in [0.1, 0.15) is 5.82 Å². The summed E-state index contributed by atoms with van der Waals surface area (Å²) >= 11 is 1.60. The van der Waals surface area contributed by atoms with Crippen LogP contribution in [-0.2, 0) is 12.8 Å². The van der Waals surface area contributed by atoms with Crippen molar-refractivity contribution < 1.29 is 9.18 Å². The molecule has 0 spiro atoms. The van der Waals surface area contributed by atoms with Crippen molar-refractivity contribution in [3.63, 3.8) is 0 Å². The molecule has 2 aliphatic rings. The summed E-state index contributed by atoms with van der Waals surface area (Å²) in [6.45, 7) is 3.05. The Labute approximate surface area is 198 Å². The number of aromatic nitrogens is 5. The van der Waals surface area contributed by atoms with Gasteiger partial charge in [-0.2, -0.15) is 5.10 Å². The second-order valence-corrected chi connectivity index (χ2v) is 10.0. The molecule has 4 aromatic rings. The third-order valence-electron chi connectivity index (χ3n) is 6.87. The van der Waals surface area contributed by atoms with E-state index in [1.165, 1.54) is 12.1 Å². The number of hydrogen-bond donors (Lipinski definition) is 1. The number of nitrogens with one attached hydrogen (secondary N) is 1. The molecule has 3 aromatic heterocycles. The molecule has 0 saturated carbocycles. The highest BCUT2D eigenvalue weighted by Crippen LogP contribution is 2.34. The number of halogens is 1. The molecular weight excluding hydrogens is 455 g/mol. The van der Waals surface area contributed by atoms with Crippen LogP contribution in [0, 0.1) is 12.7 Å². The lowest BCUT2D eigenvalue weighted by molar-refractivity contribution is 0.0712. The molecule has 1 aromatic carbocycles. The predicted octanol–water partition coefficient (Wildman–Crippen LogP) is 3.52. The van der Waals surface area contributed by atoms with Crippen LogP contribution in [-0.4, -0.2) is 48.6 Å². The van der Waals surface area contributed by atoms with Gasteiger partial charge in [0.05, 0.1) is 38.4 Å². The number of fused-ring (bicyclic) bond motifs is 2. The molecule has 8 nitrogen and oxygen atoms in total. The van der Waals surface area contributed by atoms with Gasteiger partial charge in [-0.3, -0.25) is 14.6 Å². The van der Waals surface area contributed by atoms with Gasteiger partial charge in [0.25, 0.3) is 11.5 Å². The Kier molecular flexibility index (Phi) is 5.05. The smallest absolute Gasteiger partial charge is 0.257 e. The standard InChI is InChI=1S/C24H23FN6O2S/c1-13-17(12-26-31(13)24-28-18-4-2-3-16(18)21(32)29-24)23(33)30-9-7-14(8-10-30)22-27-19-11-15(25)5-6-20(19)34-22/h5-6,11-12,14H,2-4,7-10H2,1H3,(H,28,29,32). The highest BCUT2D eigenvalue weighted by Gasteiger charge is 2.29. The molecule has 1 saturated heterocycles. The Morgan fingerprint density at radius 2 is 2.03 bits per heavy atom. The summed E-state index contributed by atoms with van der Waals surface area (Å²) in [5.41, 5.74) is 3.31. The molecule has 34 heavy (non-hydrogen) atoms. The lowest BCUT2D eigenvalue weighted by Crippen LogP contribution is -2.38. The zero-order chi connectivity index (χ0) is 23.4. The summed E-state index contributed by atoms with van der Waals surface area (Å²) in [5, 5.41) is 5.36. The number of carbonyl (C=O) groups is 1. The number of piperidine rings is 1. The van der Waals surface area contributed by atoms with Crippen LogP contribution in [0.3, 0.4) is 0 Å². The molecule has 10 heteroatoms. The maximum absolute atomic E-state index is 13.5. The highest BCUT2D eigenvalue weighted by atomic mass is 32.1. The van der Waals surface area contributed by atoms with E-state index in [1.54, 1.807) is 28.3 Å². The number of amides is 1. The van der Waals surface area contributed by atoms with E-state index in [9.17, 15) is 14.0 Å². The molecule has 1 fully saturated rings. The first-order valence-corrected chi connectivity index (χ1v) is 12.3. The lowest BCUT2D eigenvalue weighted by atomic mass is 9.97. The number of carbonyl (C=O) groups excluding carboxylic acids is 1. The Hall–Kier alpha value is -3.40. The molecule has 1 aliphatic carbocycles. The first kappa shape index (κ1) is 21.2. The van der Waals surface area contributed by atoms with E-state index in [-0.39, 0.29) is 23.2 Å². The number of nitrogens with zero attached hydrogens (tertiary/aromatic N) is 5. The zero-order valence-corrected chi connectivity index (χ0v) is 19.5. The van der Waals surface area contributed by atoms with E-state index < -0.39 is 0 Å².